The summed E-state index contributed by atoms with van der Waals surface area (Å²) in [5, 5.41) is 15.3. The fraction of sp³-hybridized carbons (Fsp3) is 0.333. The van der Waals surface area contributed by atoms with E-state index in [0.29, 0.717) is 6.54 Å². The highest BCUT2D eigenvalue weighted by molar-refractivity contribution is 7.09. The van der Waals surface area contributed by atoms with Crippen LogP contribution in [0, 0.1) is 0 Å². The minimum Gasteiger partial charge on any atom is -0.354 e. The van der Waals surface area contributed by atoms with Crippen LogP contribution in [0.4, 0.5) is 0 Å². The van der Waals surface area contributed by atoms with Gasteiger partial charge >= 0.3 is 0 Å². The minimum atomic E-state index is -0.0798. The van der Waals surface area contributed by atoms with Crippen molar-refractivity contribution in [1.29, 1.82) is 0 Å². The number of nitrogens with one attached hydrogen (secondary N) is 1. The van der Waals surface area contributed by atoms with Gasteiger partial charge in [0.25, 0.3) is 0 Å². The second-order valence-electron chi connectivity index (χ2n) is 3.19. The van der Waals surface area contributed by atoms with Crippen molar-refractivity contribution in [2.75, 3.05) is 6.54 Å². The van der Waals surface area contributed by atoms with Gasteiger partial charge in [0.1, 0.15) is 12.9 Å². The molecule has 0 saturated heterocycles. The molecule has 0 atom stereocenters. The molecular formula is C9H11N5OS. The summed E-state index contributed by atoms with van der Waals surface area (Å²) < 4.78 is 1.39. The highest BCUT2D eigenvalue weighted by atomic mass is 32.1. The number of hydrogen-bond acceptors (Lipinski definition) is 5. The Balaban J connectivity index is 1.68. The van der Waals surface area contributed by atoms with Crippen molar-refractivity contribution in [3.8, 4) is 0 Å². The second-order valence-corrected chi connectivity index (χ2v) is 4.22. The van der Waals surface area contributed by atoms with Crippen LogP contribution in [0.15, 0.2) is 23.8 Å². The number of aromatic nitrogens is 4. The first-order valence-electron chi connectivity index (χ1n) is 4.84. The summed E-state index contributed by atoms with van der Waals surface area (Å²) >= 11 is 1.69. The summed E-state index contributed by atoms with van der Waals surface area (Å²) in [6.07, 6.45) is 2.28. The van der Waals surface area contributed by atoms with Gasteiger partial charge in [0.15, 0.2) is 0 Å². The van der Waals surface area contributed by atoms with Gasteiger partial charge in [-0.05, 0) is 28.3 Å². The molecule has 16 heavy (non-hydrogen) atoms. The highest BCUT2D eigenvalue weighted by Crippen LogP contribution is 2.07. The van der Waals surface area contributed by atoms with E-state index in [2.05, 4.69) is 26.9 Å². The number of amides is 1. The Morgan fingerprint density at radius 2 is 2.50 bits per heavy atom. The molecule has 0 unspecified atom stereocenters. The van der Waals surface area contributed by atoms with Crippen molar-refractivity contribution in [3.63, 3.8) is 0 Å². The molecule has 0 spiro atoms. The van der Waals surface area contributed by atoms with Crippen LogP contribution in [-0.4, -0.2) is 32.7 Å². The fourth-order valence-electron chi connectivity index (χ4n) is 1.24. The van der Waals surface area contributed by atoms with Crippen molar-refractivity contribution in [2.45, 2.75) is 13.0 Å². The summed E-state index contributed by atoms with van der Waals surface area (Å²) in [4.78, 5) is 12.7. The number of thiophene rings is 1. The van der Waals surface area contributed by atoms with E-state index >= 15 is 0 Å². The molecule has 1 N–H and O–H groups in total. The summed E-state index contributed by atoms with van der Waals surface area (Å²) in [5.41, 5.74) is 0. The van der Waals surface area contributed by atoms with E-state index < -0.39 is 0 Å². The van der Waals surface area contributed by atoms with Gasteiger partial charge in [-0.2, -0.15) is 0 Å². The Hall–Kier alpha value is -1.76. The molecule has 0 aliphatic carbocycles. The zero-order chi connectivity index (χ0) is 11.2. The first-order chi connectivity index (χ1) is 7.84. The molecule has 0 aliphatic heterocycles. The summed E-state index contributed by atoms with van der Waals surface area (Å²) in [5.74, 6) is -0.0798. The third-order valence-corrected chi connectivity index (χ3v) is 2.91. The molecular weight excluding hydrogens is 226 g/mol. The zero-order valence-electron chi connectivity index (χ0n) is 8.54. The summed E-state index contributed by atoms with van der Waals surface area (Å²) in [6.45, 7) is 0.804. The van der Waals surface area contributed by atoms with Gasteiger partial charge in [-0.25, -0.2) is 4.68 Å². The third kappa shape index (κ3) is 3.13. The molecule has 0 radical (unpaired) electrons. The molecule has 2 aromatic rings. The average molecular weight is 237 g/mol. The Bertz CT molecular complexity index is 425. The van der Waals surface area contributed by atoms with Crippen LogP contribution in [0.5, 0.6) is 0 Å². The van der Waals surface area contributed by atoms with Crippen LogP contribution >= 0.6 is 11.3 Å². The number of hydrogen-bond donors (Lipinski definition) is 1. The molecule has 2 heterocycles. The number of carbonyl (C=O) groups excluding carboxylic acids is 1. The SMILES string of the molecule is O=C(Cn1cnnn1)NCCc1cccs1. The fourth-order valence-corrected chi connectivity index (χ4v) is 1.94. The molecule has 6 nitrogen and oxygen atoms in total. The number of carbonyl (C=O) groups is 1. The lowest BCUT2D eigenvalue weighted by molar-refractivity contribution is -0.121. The van der Waals surface area contributed by atoms with E-state index in [-0.39, 0.29) is 12.5 Å². The maximum Gasteiger partial charge on any atom is 0.241 e. The molecule has 0 fully saturated rings. The van der Waals surface area contributed by atoms with Gasteiger partial charge in [-0.3, -0.25) is 4.79 Å². The van der Waals surface area contributed by atoms with E-state index in [1.165, 1.54) is 15.9 Å². The average Bonchev–Trinajstić information content (AvgIpc) is 2.90. The highest BCUT2D eigenvalue weighted by Gasteiger charge is 2.03. The smallest absolute Gasteiger partial charge is 0.241 e. The second kappa shape index (κ2) is 5.36. The normalized spacial score (nSPS) is 10.2. The molecule has 0 saturated carbocycles. The molecule has 0 bridgehead atoms. The third-order valence-electron chi connectivity index (χ3n) is 1.97. The monoisotopic (exact) mass is 237 g/mol. The van der Waals surface area contributed by atoms with Crippen LogP contribution < -0.4 is 5.32 Å². The van der Waals surface area contributed by atoms with Gasteiger partial charge in [0, 0.05) is 11.4 Å². The van der Waals surface area contributed by atoms with Crippen LogP contribution in [0.2, 0.25) is 0 Å². The number of nitrogens with zero attached hydrogens (tertiary/aromatic N) is 4. The van der Waals surface area contributed by atoms with Gasteiger partial charge in [0.2, 0.25) is 5.91 Å². The number of tetrazole rings is 1. The Morgan fingerprint density at radius 3 is 3.19 bits per heavy atom. The predicted molar refractivity (Wildman–Crippen MR) is 58.8 cm³/mol. The van der Waals surface area contributed by atoms with Crippen LogP contribution in [0.25, 0.3) is 0 Å². The lowest BCUT2D eigenvalue weighted by Crippen LogP contribution is -2.29. The largest absolute Gasteiger partial charge is 0.354 e. The summed E-state index contributed by atoms with van der Waals surface area (Å²) in [7, 11) is 0. The molecule has 1 amide bonds. The van der Waals surface area contributed by atoms with E-state index in [4.69, 9.17) is 0 Å². The van der Waals surface area contributed by atoms with Gasteiger partial charge in [-0.15, -0.1) is 16.4 Å². The molecule has 84 valence electrons. The standard InChI is InChI=1S/C9H11N5OS/c15-9(6-14-7-11-12-13-14)10-4-3-8-2-1-5-16-8/h1-2,5,7H,3-4,6H2,(H,10,15). The summed E-state index contributed by atoms with van der Waals surface area (Å²) in [6, 6.07) is 4.06. The molecule has 0 aliphatic rings. The van der Waals surface area contributed by atoms with E-state index in [1.54, 1.807) is 11.3 Å². The number of rotatable bonds is 5. The van der Waals surface area contributed by atoms with Crippen molar-refractivity contribution in [1.82, 2.24) is 25.5 Å². The topological polar surface area (TPSA) is 72.7 Å². The Morgan fingerprint density at radius 1 is 1.56 bits per heavy atom. The van der Waals surface area contributed by atoms with E-state index in [9.17, 15) is 4.79 Å². The first-order valence-corrected chi connectivity index (χ1v) is 5.72. The van der Waals surface area contributed by atoms with E-state index in [1.807, 2.05) is 11.4 Å². The molecule has 2 aromatic heterocycles. The maximum atomic E-state index is 11.4. The minimum absolute atomic E-state index is 0.0798. The zero-order valence-corrected chi connectivity index (χ0v) is 9.35. The van der Waals surface area contributed by atoms with Crippen molar-refractivity contribution in [3.05, 3.63) is 28.7 Å². The van der Waals surface area contributed by atoms with Crippen LogP contribution in [-0.2, 0) is 17.8 Å². The lowest BCUT2D eigenvalue weighted by atomic mass is 10.3. The van der Waals surface area contributed by atoms with Crippen molar-refractivity contribution >= 4 is 17.2 Å². The van der Waals surface area contributed by atoms with Gasteiger partial charge in [-0.1, -0.05) is 6.07 Å². The maximum absolute atomic E-state index is 11.4. The Kier molecular flexibility index (Phi) is 3.60. The van der Waals surface area contributed by atoms with Crippen molar-refractivity contribution in [2.24, 2.45) is 0 Å². The van der Waals surface area contributed by atoms with Crippen molar-refractivity contribution < 1.29 is 4.79 Å². The van der Waals surface area contributed by atoms with Crippen LogP contribution in [0.3, 0.4) is 0 Å². The quantitative estimate of drug-likeness (QED) is 0.800. The van der Waals surface area contributed by atoms with Gasteiger partial charge in [0.05, 0.1) is 0 Å². The van der Waals surface area contributed by atoms with Crippen LogP contribution in [0.1, 0.15) is 4.88 Å². The molecule has 2 rings (SSSR count). The van der Waals surface area contributed by atoms with E-state index in [0.717, 1.165) is 6.42 Å². The van der Waals surface area contributed by atoms with Gasteiger partial charge < -0.3 is 5.32 Å². The molecule has 0 aromatic carbocycles. The Labute approximate surface area is 96.3 Å². The molecule has 7 heteroatoms. The predicted octanol–water partition coefficient (Wildman–Crippen LogP) is 0.0935. The first kappa shape index (κ1) is 10.7. The lowest BCUT2D eigenvalue weighted by Gasteiger charge is -2.03.